The molecule has 0 bridgehead atoms. The summed E-state index contributed by atoms with van der Waals surface area (Å²) < 4.78 is 0. The van der Waals surface area contributed by atoms with Gasteiger partial charge >= 0.3 is 5.97 Å². The molecule has 0 saturated carbocycles. The highest BCUT2D eigenvalue weighted by Gasteiger charge is 2.33. The van der Waals surface area contributed by atoms with E-state index in [-0.39, 0.29) is 32.1 Å². The van der Waals surface area contributed by atoms with E-state index in [1.54, 1.807) is 42.9 Å². The van der Waals surface area contributed by atoms with Crippen molar-refractivity contribution in [1.82, 2.24) is 41.2 Å². The van der Waals surface area contributed by atoms with Gasteiger partial charge in [-0.3, -0.25) is 19.2 Å². The molecule has 6 rings (SSSR count). The number of amides is 4. The quantitative estimate of drug-likeness (QED) is 0.0477. The summed E-state index contributed by atoms with van der Waals surface area (Å²) in [5.41, 5.74) is 16.5. The lowest BCUT2D eigenvalue weighted by molar-refractivity contribution is -0.142. The number of H-pyrrole nitrogens is 3. The number of aliphatic carboxylic acids is 1. The van der Waals surface area contributed by atoms with Crippen LogP contribution in [-0.4, -0.2) is 91.4 Å². The average molecular weight is 803 g/mol. The molecule has 3 aromatic heterocycles. The number of nitrogens with two attached hydrogens (primary N) is 2. The van der Waals surface area contributed by atoms with Gasteiger partial charge in [0.05, 0.1) is 12.4 Å². The van der Waals surface area contributed by atoms with Gasteiger partial charge in [-0.05, 0) is 54.6 Å². The summed E-state index contributed by atoms with van der Waals surface area (Å²) in [5.74, 6) is -3.84. The molecule has 3 aromatic carbocycles. The number of carboxylic acids is 1. The second-order valence-electron chi connectivity index (χ2n) is 14.6. The van der Waals surface area contributed by atoms with Gasteiger partial charge in [0.2, 0.25) is 23.6 Å². The monoisotopic (exact) mass is 802 g/mol. The fourth-order valence-electron chi connectivity index (χ4n) is 7.09. The third-order valence-electron chi connectivity index (χ3n) is 10.3. The van der Waals surface area contributed by atoms with Crippen molar-refractivity contribution in [1.29, 1.82) is 0 Å². The third-order valence-corrected chi connectivity index (χ3v) is 10.3. The normalized spacial score (nSPS) is 13.9. The van der Waals surface area contributed by atoms with Crippen molar-refractivity contribution in [3.05, 3.63) is 126 Å². The number of unbranched alkanes of at least 4 members (excludes halogenated alkanes) is 1. The lowest BCUT2D eigenvalue weighted by atomic mass is 10.0. The molecule has 0 saturated heterocycles. The first-order chi connectivity index (χ1) is 28.6. The smallest absolute Gasteiger partial charge is 0.326 e. The predicted molar refractivity (Wildman–Crippen MR) is 223 cm³/mol. The second-order valence-corrected chi connectivity index (χ2v) is 14.6. The largest absolute Gasteiger partial charge is 0.480 e. The van der Waals surface area contributed by atoms with E-state index in [1.807, 2.05) is 54.6 Å². The third kappa shape index (κ3) is 11.2. The van der Waals surface area contributed by atoms with Crippen molar-refractivity contribution in [3.8, 4) is 0 Å². The minimum Gasteiger partial charge on any atom is -0.480 e. The van der Waals surface area contributed by atoms with Gasteiger partial charge in [-0.1, -0.05) is 66.7 Å². The van der Waals surface area contributed by atoms with Crippen molar-refractivity contribution in [3.63, 3.8) is 0 Å². The molecule has 16 heteroatoms. The highest BCUT2D eigenvalue weighted by molar-refractivity contribution is 5.96. The first kappa shape index (κ1) is 41.8. The van der Waals surface area contributed by atoms with Crippen LogP contribution in [0.4, 0.5) is 0 Å². The molecule has 0 fully saturated rings. The standard InChI is InChI=1S/C43H50N10O6/c44-17-9-8-16-35(50-42(57)37(19-27-22-47-33-14-6-4-12-30(27)33)51-39(54)32(45)21-29-24-46-25-49-29)40(55)52-36(18-26-10-2-1-3-11-26)41(56)53-38(43(58)59)20-28-23-48-34-15-7-5-13-31(28)34/h1-7,10-15,22-25,32,35-38,47-48H,8-9,16-21,44-45H2,(H,46,49)(H,50,57)(H,51,54)(H,52,55)(H,53,56)(H,58,59)/t32-,35+,36-,37+,38+/m0/s1. The van der Waals surface area contributed by atoms with Crippen LogP contribution in [0.25, 0.3) is 21.8 Å². The molecule has 3 heterocycles. The Bertz CT molecular complexity index is 2340. The summed E-state index contributed by atoms with van der Waals surface area (Å²) in [4.78, 5) is 81.7. The van der Waals surface area contributed by atoms with Crippen LogP contribution in [0, 0.1) is 0 Å². The highest BCUT2D eigenvalue weighted by atomic mass is 16.4. The molecule has 0 radical (unpaired) electrons. The molecule has 308 valence electrons. The van der Waals surface area contributed by atoms with Crippen LogP contribution in [0.5, 0.6) is 0 Å². The van der Waals surface area contributed by atoms with Crippen molar-refractivity contribution in [2.24, 2.45) is 11.5 Å². The van der Waals surface area contributed by atoms with E-state index in [4.69, 9.17) is 11.5 Å². The zero-order valence-electron chi connectivity index (χ0n) is 32.4. The molecule has 6 aromatic rings. The molecule has 0 aliphatic rings. The minimum absolute atomic E-state index is 0.00997. The van der Waals surface area contributed by atoms with E-state index in [9.17, 15) is 29.1 Å². The van der Waals surface area contributed by atoms with Gasteiger partial charge in [0, 0.05) is 71.8 Å². The first-order valence-corrected chi connectivity index (χ1v) is 19.6. The zero-order valence-corrected chi connectivity index (χ0v) is 32.4. The Hall–Kier alpha value is -6.78. The number of hydrogen-bond donors (Lipinski definition) is 10. The molecule has 5 atom stereocenters. The van der Waals surface area contributed by atoms with Crippen LogP contribution < -0.4 is 32.7 Å². The topological polar surface area (TPSA) is 266 Å². The summed E-state index contributed by atoms with van der Waals surface area (Å²) in [7, 11) is 0. The Balaban J connectivity index is 1.22. The van der Waals surface area contributed by atoms with E-state index in [0.717, 1.165) is 27.4 Å². The molecule has 0 spiro atoms. The van der Waals surface area contributed by atoms with Crippen LogP contribution in [-0.2, 0) is 49.7 Å². The number of para-hydroxylation sites is 2. The van der Waals surface area contributed by atoms with Gasteiger partial charge in [-0.25, -0.2) is 9.78 Å². The van der Waals surface area contributed by atoms with Crippen molar-refractivity contribution in [2.75, 3.05) is 6.54 Å². The number of nitrogens with zero attached hydrogens (tertiary/aromatic N) is 1. The fraction of sp³-hybridized carbons (Fsp3) is 0.302. The molecule has 16 nitrogen and oxygen atoms in total. The Kier molecular flexibility index (Phi) is 14.2. The number of imidazole rings is 1. The van der Waals surface area contributed by atoms with Gasteiger partial charge in [0.1, 0.15) is 24.2 Å². The van der Waals surface area contributed by atoms with Crippen molar-refractivity contribution in [2.45, 2.75) is 75.2 Å². The van der Waals surface area contributed by atoms with Gasteiger partial charge in [-0.15, -0.1) is 0 Å². The number of carbonyl (C=O) groups excluding carboxylic acids is 4. The maximum atomic E-state index is 14.3. The predicted octanol–water partition coefficient (Wildman–Crippen LogP) is 2.12. The molecule has 4 amide bonds. The summed E-state index contributed by atoms with van der Waals surface area (Å²) in [6, 6.07) is 18.1. The molecule has 0 aliphatic heterocycles. The molecule has 0 unspecified atom stereocenters. The Morgan fingerprint density at radius 3 is 1.73 bits per heavy atom. The lowest BCUT2D eigenvalue weighted by Gasteiger charge is -2.27. The highest BCUT2D eigenvalue weighted by Crippen LogP contribution is 2.21. The van der Waals surface area contributed by atoms with Crippen LogP contribution in [0.3, 0.4) is 0 Å². The Morgan fingerprint density at radius 2 is 1.14 bits per heavy atom. The maximum Gasteiger partial charge on any atom is 0.326 e. The second kappa shape index (κ2) is 20.1. The van der Waals surface area contributed by atoms with Crippen LogP contribution in [0.2, 0.25) is 0 Å². The average Bonchev–Trinajstić information content (AvgIpc) is 4.01. The zero-order chi connectivity index (χ0) is 41.7. The number of nitrogens with one attached hydrogen (secondary N) is 7. The number of fused-ring (bicyclic) bond motifs is 2. The maximum absolute atomic E-state index is 14.3. The fourth-order valence-corrected chi connectivity index (χ4v) is 7.09. The van der Waals surface area contributed by atoms with Crippen molar-refractivity contribution < 1.29 is 29.1 Å². The Labute approximate surface area is 340 Å². The number of aromatic nitrogens is 4. The molecular weight excluding hydrogens is 753 g/mol. The lowest BCUT2D eigenvalue weighted by Crippen LogP contribution is -2.59. The summed E-state index contributed by atoms with van der Waals surface area (Å²) >= 11 is 0. The SMILES string of the molecule is NCCCC[C@@H](NC(=O)[C@@H](Cc1c[nH]c2ccccc12)NC(=O)[C@@H](N)Cc1cnc[nH]1)C(=O)N[C@@H](Cc1ccccc1)C(=O)N[C@H](Cc1c[nH]c2ccccc12)C(=O)O. The number of aromatic amines is 3. The molecule has 0 aliphatic carbocycles. The molecule has 59 heavy (non-hydrogen) atoms. The molecule has 12 N–H and O–H groups in total. The molecular formula is C43H50N10O6. The number of carbonyl (C=O) groups is 5. The van der Waals surface area contributed by atoms with Gasteiger partial charge < -0.3 is 52.8 Å². The van der Waals surface area contributed by atoms with E-state index in [0.29, 0.717) is 36.2 Å². The number of hydrogen-bond acceptors (Lipinski definition) is 8. The number of rotatable bonds is 21. The van der Waals surface area contributed by atoms with E-state index >= 15 is 0 Å². The van der Waals surface area contributed by atoms with Crippen LogP contribution in [0.1, 0.15) is 41.6 Å². The van der Waals surface area contributed by atoms with Gasteiger partial charge in [-0.2, -0.15) is 0 Å². The van der Waals surface area contributed by atoms with Crippen LogP contribution >= 0.6 is 0 Å². The van der Waals surface area contributed by atoms with Gasteiger partial charge in [0.15, 0.2) is 0 Å². The van der Waals surface area contributed by atoms with Crippen molar-refractivity contribution >= 4 is 51.4 Å². The number of carboxylic acid groups (broad SMARTS) is 1. The van der Waals surface area contributed by atoms with E-state index in [2.05, 4.69) is 41.2 Å². The minimum atomic E-state index is -1.31. The summed E-state index contributed by atoms with van der Waals surface area (Å²) in [6.07, 6.45) is 7.95. The first-order valence-electron chi connectivity index (χ1n) is 19.6. The summed E-state index contributed by atoms with van der Waals surface area (Å²) in [5, 5.41) is 23.0. The van der Waals surface area contributed by atoms with E-state index < -0.39 is 59.8 Å². The van der Waals surface area contributed by atoms with Crippen LogP contribution in [0.15, 0.2) is 104 Å². The summed E-state index contributed by atoms with van der Waals surface area (Å²) in [6.45, 7) is 0.349. The Morgan fingerprint density at radius 1 is 0.610 bits per heavy atom. The van der Waals surface area contributed by atoms with Gasteiger partial charge in [0.25, 0.3) is 0 Å². The van der Waals surface area contributed by atoms with E-state index in [1.165, 1.54) is 6.33 Å². The number of benzene rings is 3.